The van der Waals surface area contributed by atoms with E-state index in [1.807, 2.05) is 49.5 Å². The molecule has 9 nitrogen and oxygen atoms in total. The molecular weight excluding hydrogens is 669 g/mol. The van der Waals surface area contributed by atoms with E-state index in [1.54, 1.807) is 24.1 Å². The minimum absolute atomic E-state index is 0.0977. The molecule has 1 aliphatic heterocycles. The van der Waals surface area contributed by atoms with Crippen molar-refractivity contribution in [2.75, 3.05) is 59.9 Å². The molecule has 5 aromatic rings. The number of ether oxygens (including phenoxy) is 3. The molecule has 1 aromatic heterocycles. The minimum atomic E-state index is -0.241. The summed E-state index contributed by atoms with van der Waals surface area (Å²) in [4.78, 5) is 22.9. The van der Waals surface area contributed by atoms with Crippen LogP contribution in [0, 0.1) is 5.82 Å². The van der Waals surface area contributed by atoms with Crippen LogP contribution < -0.4 is 19.5 Å². The van der Waals surface area contributed by atoms with Crippen LogP contribution in [0.1, 0.15) is 46.7 Å². The van der Waals surface area contributed by atoms with Crippen molar-refractivity contribution in [3.8, 4) is 17.2 Å². The first-order chi connectivity index (χ1) is 24.8. The number of likely N-dealkylation sites (N-methyl/N-ethyl adjacent to an activating group) is 1. The van der Waals surface area contributed by atoms with Crippen molar-refractivity contribution < 1.29 is 23.4 Å². The minimum Gasteiger partial charge on any atom is -0.493 e. The number of likely N-dealkylation sites (tertiary alicyclic amines) is 1. The van der Waals surface area contributed by atoms with Crippen molar-refractivity contribution in [3.63, 3.8) is 0 Å². The average molecular weight is 714 g/mol. The van der Waals surface area contributed by atoms with Crippen molar-refractivity contribution in [1.29, 1.82) is 0 Å². The van der Waals surface area contributed by atoms with Gasteiger partial charge in [0.2, 0.25) is 11.7 Å². The number of aromatic nitrogens is 2. The second-order valence-corrected chi connectivity index (χ2v) is 13.5. The summed E-state index contributed by atoms with van der Waals surface area (Å²) in [5.41, 5.74) is 4.59. The summed E-state index contributed by atoms with van der Waals surface area (Å²) in [6.07, 6.45) is 2.83. The lowest BCUT2D eigenvalue weighted by Gasteiger charge is -2.34. The van der Waals surface area contributed by atoms with Gasteiger partial charge in [-0.3, -0.25) is 4.79 Å². The Morgan fingerprint density at radius 3 is 2.27 bits per heavy atom. The summed E-state index contributed by atoms with van der Waals surface area (Å²) < 4.78 is 32.2. The number of carbonyl (C=O) groups excluding carboxylic acids is 1. The number of rotatable bonds is 14. The molecule has 1 aliphatic rings. The maximum Gasteiger partial charge on any atom is 0.253 e. The molecule has 0 saturated carbocycles. The van der Waals surface area contributed by atoms with E-state index < -0.39 is 0 Å². The summed E-state index contributed by atoms with van der Waals surface area (Å²) in [7, 11) is 6.45. The molecule has 1 amide bonds. The van der Waals surface area contributed by atoms with E-state index in [-0.39, 0.29) is 23.7 Å². The fourth-order valence-corrected chi connectivity index (χ4v) is 7.00. The van der Waals surface area contributed by atoms with E-state index in [2.05, 4.69) is 33.0 Å². The highest BCUT2D eigenvalue weighted by atomic mass is 35.5. The van der Waals surface area contributed by atoms with Crippen LogP contribution in [0.2, 0.25) is 5.02 Å². The van der Waals surface area contributed by atoms with Crippen molar-refractivity contribution in [1.82, 2.24) is 19.4 Å². The number of para-hydroxylation sites is 2. The van der Waals surface area contributed by atoms with Crippen LogP contribution in [-0.4, -0.2) is 85.9 Å². The van der Waals surface area contributed by atoms with E-state index in [1.165, 1.54) is 26.4 Å². The first-order valence-electron chi connectivity index (χ1n) is 17.3. The normalized spacial score (nSPS) is 14.3. The molecule has 1 atom stereocenters. The maximum absolute atomic E-state index is 13.7. The van der Waals surface area contributed by atoms with Gasteiger partial charge in [0.15, 0.2) is 11.5 Å². The van der Waals surface area contributed by atoms with Gasteiger partial charge in [0.1, 0.15) is 5.82 Å². The second-order valence-electron chi connectivity index (χ2n) is 13.0. The number of amides is 1. The third-order valence-corrected chi connectivity index (χ3v) is 9.97. The molecule has 1 unspecified atom stereocenters. The standard InChI is InChI=1S/C40H45ClFN5O4/c1-45(39(48)30-23-36(49-2)38(51-4)37(24-30)50-3)26-29(28-11-13-31(41)14-12-28)17-20-46-21-18-33(19-22-46)43-40-44-34-7-5-6-8-35(34)47(40)25-27-9-15-32(42)16-10-27/h5-16,23-24,29,33H,17-22,25-26H2,1-4H3,(H,43,44). The third kappa shape index (κ3) is 8.57. The Labute approximate surface area is 303 Å². The van der Waals surface area contributed by atoms with Crippen molar-refractivity contribution in [3.05, 3.63) is 112 Å². The Bertz CT molecular complexity index is 1900. The summed E-state index contributed by atoms with van der Waals surface area (Å²) in [6.45, 7) is 3.92. The molecule has 11 heteroatoms. The maximum atomic E-state index is 13.7. The zero-order valence-electron chi connectivity index (χ0n) is 29.6. The number of hydrogen-bond donors (Lipinski definition) is 1. The Hall–Kier alpha value is -4.80. The highest BCUT2D eigenvalue weighted by Gasteiger charge is 2.25. The lowest BCUT2D eigenvalue weighted by atomic mass is 9.94. The van der Waals surface area contributed by atoms with Crippen LogP contribution >= 0.6 is 11.6 Å². The lowest BCUT2D eigenvalue weighted by molar-refractivity contribution is 0.0781. The highest BCUT2D eigenvalue weighted by molar-refractivity contribution is 6.30. The number of nitrogens with one attached hydrogen (secondary N) is 1. The molecule has 268 valence electrons. The molecule has 4 aromatic carbocycles. The van der Waals surface area contributed by atoms with Gasteiger partial charge in [0.25, 0.3) is 5.91 Å². The molecule has 2 heterocycles. The number of carbonyl (C=O) groups is 1. The van der Waals surface area contributed by atoms with Crippen LogP contribution in [0.4, 0.5) is 10.3 Å². The number of halogens is 2. The van der Waals surface area contributed by atoms with E-state index in [0.29, 0.717) is 40.9 Å². The van der Waals surface area contributed by atoms with Crippen LogP contribution in [0.15, 0.2) is 84.9 Å². The first kappa shape index (κ1) is 36.0. The van der Waals surface area contributed by atoms with Crippen LogP contribution in [0.3, 0.4) is 0 Å². The largest absolute Gasteiger partial charge is 0.493 e. The quantitative estimate of drug-likeness (QED) is 0.126. The number of piperidine rings is 1. The molecular formula is C40H45ClFN5O4. The average Bonchev–Trinajstić information content (AvgIpc) is 3.50. The Morgan fingerprint density at radius 2 is 1.63 bits per heavy atom. The zero-order valence-corrected chi connectivity index (χ0v) is 30.3. The number of methoxy groups -OCH3 is 3. The predicted molar refractivity (Wildman–Crippen MR) is 200 cm³/mol. The van der Waals surface area contributed by atoms with E-state index in [0.717, 1.165) is 67.0 Å². The number of nitrogens with zero attached hydrogens (tertiary/aromatic N) is 4. The molecule has 0 aliphatic carbocycles. The third-order valence-electron chi connectivity index (χ3n) is 9.72. The first-order valence-corrected chi connectivity index (χ1v) is 17.6. The van der Waals surface area contributed by atoms with Crippen LogP contribution in [0.25, 0.3) is 11.0 Å². The predicted octanol–water partition coefficient (Wildman–Crippen LogP) is 7.73. The number of benzene rings is 4. The molecule has 1 fully saturated rings. The smallest absolute Gasteiger partial charge is 0.253 e. The molecule has 1 N–H and O–H groups in total. The van der Waals surface area contributed by atoms with Gasteiger partial charge in [-0.25, -0.2) is 9.37 Å². The topological polar surface area (TPSA) is 81.1 Å². The Morgan fingerprint density at radius 1 is 0.961 bits per heavy atom. The van der Waals surface area contributed by atoms with Crippen LogP contribution in [-0.2, 0) is 6.54 Å². The van der Waals surface area contributed by atoms with Crippen molar-refractivity contribution in [2.45, 2.75) is 37.8 Å². The lowest BCUT2D eigenvalue weighted by Crippen LogP contribution is -2.40. The SMILES string of the molecule is COc1cc(C(=O)N(C)CC(CCN2CCC(Nc3nc4ccccc4n3Cc3ccc(F)cc3)CC2)c2ccc(Cl)cc2)cc(OC)c1OC. The zero-order chi connectivity index (χ0) is 35.9. The molecule has 0 bridgehead atoms. The van der Waals surface area contributed by atoms with Gasteiger partial charge in [0.05, 0.1) is 38.9 Å². The number of anilines is 1. The van der Waals surface area contributed by atoms with Gasteiger partial charge in [-0.1, -0.05) is 48.0 Å². The van der Waals surface area contributed by atoms with E-state index >= 15 is 0 Å². The Balaban J connectivity index is 1.10. The van der Waals surface area contributed by atoms with Gasteiger partial charge >= 0.3 is 0 Å². The molecule has 6 rings (SSSR count). The van der Waals surface area contributed by atoms with Gasteiger partial charge in [-0.15, -0.1) is 0 Å². The fourth-order valence-electron chi connectivity index (χ4n) is 6.88. The van der Waals surface area contributed by atoms with E-state index in [4.69, 9.17) is 30.8 Å². The molecule has 0 radical (unpaired) electrons. The number of fused-ring (bicyclic) bond motifs is 1. The summed E-state index contributed by atoms with van der Waals surface area (Å²) >= 11 is 6.25. The van der Waals surface area contributed by atoms with Gasteiger partial charge in [-0.2, -0.15) is 0 Å². The summed E-state index contributed by atoms with van der Waals surface area (Å²) in [5.74, 6) is 1.88. The molecule has 1 saturated heterocycles. The van der Waals surface area contributed by atoms with Gasteiger partial charge in [0, 0.05) is 49.2 Å². The van der Waals surface area contributed by atoms with Crippen LogP contribution in [0.5, 0.6) is 17.2 Å². The Kier molecular flexibility index (Phi) is 11.6. The summed E-state index contributed by atoms with van der Waals surface area (Å²) in [6, 6.07) is 26.3. The second kappa shape index (κ2) is 16.5. The molecule has 51 heavy (non-hydrogen) atoms. The highest BCUT2D eigenvalue weighted by Crippen LogP contribution is 2.38. The molecule has 0 spiro atoms. The fraction of sp³-hybridized carbons (Fsp3) is 0.350. The van der Waals surface area contributed by atoms with Crippen molar-refractivity contribution >= 4 is 34.5 Å². The number of hydrogen-bond acceptors (Lipinski definition) is 7. The summed E-state index contributed by atoms with van der Waals surface area (Å²) in [5, 5.41) is 4.41. The monoisotopic (exact) mass is 713 g/mol. The van der Waals surface area contributed by atoms with Gasteiger partial charge < -0.3 is 33.9 Å². The number of imidazole rings is 1. The van der Waals surface area contributed by atoms with Crippen molar-refractivity contribution in [2.24, 2.45) is 0 Å². The van der Waals surface area contributed by atoms with E-state index in [9.17, 15) is 9.18 Å². The van der Waals surface area contributed by atoms with Gasteiger partial charge in [-0.05, 0) is 85.5 Å².